The van der Waals surface area contributed by atoms with Crippen molar-refractivity contribution in [1.82, 2.24) is 4.67 Å². The molecule has 1 amide bonds. The lowest BCUT2D eigenvalue weighted by atomic mass is 10.2. The van der Waals surface area contributed by atoms with Gasteiger partial charge < -0.3 is 14.8 Å². The minimum atomic E-state index is -0.510. The number of ether oxygens (including phenoxy) is 2. The molecular formula is C19H33N4O4P. The normalized spacial score (nSPS) is 17.8. The monoisotopic (exact) mass is 412 g/mol. The Bertz CT molecular complexity index is 639. The first-order valence-electron chi connectivity index (χ1n) is 9.48. The molecule has 0 bridgehead atoms. The molecule has 0 saturated carbocycles. The van der Waals surface area contributed by atoms with Gasteiger partial charge in [-0.2, -0.15) is 0 Å². The zero-order valence-corrected chi connectivity index (χ0v) is 18.4. The maximum Gasteiger partial charge on any atom is 0.411 e. The van der Waals surface area contributed by atoms with Gasteiger partial charge in [-0.05, 0) is 66.0 Å². The van der Waals surface area contributed by atoms with Crippen molar-refractivity contribution < 1.29 is 19.1 Å². The fourth-order valence-electron chi connectivity index (χ4n) is 2.78. The van der Waals surface area contributed by atoms with E-state index in [0.717, 1.165) is 24.2 Å². The molecule has 1 fully saturated rings. The number of amides is 1. The van der Waals surface area contributed by atoms with Gasteiger partial charge >= 0.3 is 6.09 Å². The fraction of sp³-hybridized carbons (Fsp3) is 0.632. The van der Waals surface area contributed by atoms with Crippen molar-refractivity contribution >= 4 is 31.2 Å². The van der Waals surface area contributed by atoms with Crippen molar-refractivity contribution in [3.05, 3.63) is 18.2 Å². The fourth-order valence-corrected chi connectivity index (χ4v) is 5.01. The summed E-state index contributed by atoms with van der Waals surface area (Å²) in [6.45, 7) is 8.01. The number of nitrogens with zero attached hydrogens (tertiary/aromatic N) is 1. The van der Waals surface area contributed by atoms with E-state index in [4.69, 9.17) is 9.57 Å². The van der Waals surface area contributed by atoms with Crippen molar-refractivity contribution in [2.24, 2.45) is 0 Å². The van der Waals surface area contributed by atoms with Gasteiger partial charge in [0, 0.05) is 18.5 Å². The molecule has 1 saturated heterocycles. The molecule has 1 aromatic rings. The number of anilines is 3. The van der Waals surface area contributed by atoms with Crippen molar-refractivity contribution in [3.63, 3.8) is 0 Å². The summed E-state index contributed by atoms with van der Waals surface area (Å²) in [5, 5.41) is 6.19. The zero-order chi connectivity index (χ0) is 20.6. The Kier molecular flexibility index (Phi) is 8.76. The van der Waals surface area contributed by atoms with Crippen LogP contribution in [-0.2, 0) is 14.3 Å². The third kappa shape index (κ3) is 7.43. The van der Waals surface area contributed by atoms with E-state index >= 15 is 0 Å². The molecule has 1 aromatic carbocycles. The highest BCUT2D eigenvalue weighted by Crippen LogP contribution is 2.44. The predicted molar refractivity (Wildman–Crippen MR) is 115 cm³/mol. The Hall–Kier alpha value is -1.60. The topological polar surface area (TPSA) is 84.1 Å². The summed E-state index contributed by atoms with van der Waals surface area (Å²) in [5.41, 5.74) is 5.03. The average Bonchev–Trinajstić information content (AvgIpc) is 2.66. The van der Waals surface area contributed by atoms with Gasteiger partial charge in [0.1, 0.15) is 6.73 Å². The first-order chi connectivity index (χ1) is 13.3. The van der Waals surface area contributed by atoms with Gasteiger partial charge in [0.05, 0.1) is 31.2 Å². The first kappa shape index (κ1) is 22.7. The molecule has 28 heavy (non-hydrogen) atoms. The molecule has 1 heterocycles. The minimum absolute atomic E-state index is 0.135. The van der Waals surface area contributed by atoms with Crippen molar-refractivity contribution in [3.8, 4) is 0 Å². The number of hydrogen-bond acceptors (Lipinski definition) is 7. The number of methoxy groups -OCH3 is 1. The Morgan fingerprint density at radius 3 is 2.68 bits per heavy atom. The Balaban J connectivity index is 2.01. The average molecular weight is 412 g/mol. The maximum absolute atomic E-state index is 11.4. The van der Waals surface area contributed by atoms with E-state index in [1.807, 2.05) is 12.1 Å². The number of benzene rings is 1. The summed E-state index contributed by atoms with van der Waals surface area (Å²) in [6.07, 6.45) is 4.03. The zero-order valence-electron chi connectivity index (χ0n) is 17.5. The highest BCUT2D eigenvalue weighted by Gasteiger charge is 2.24. The van der Waals surface area contributed by atoms with E-state index in [1.54, 1.807) is 13.2 Å². The summed E-state index contributed by atoms with van der Waals surface area (Å²) in [5.74, 6) is 0. The summed E-state index contributed by atoms with van der Waals surface area (Å²) >= 11 is 0. The van der Waals surface area contributed by atoms with Crippen LogP contribution in [0.2, 0.25) is 0 Å². The van der Waals surface area contributed by atoms with Gasteiger partial charge in [-0.15, -0.1) is 0 Å². The van der Waals surface area contributed by atoms with E-state index in [1.165, 1.54) is 26.1 Å². The number of carbonyl (C=O) groups excluding carboxylic acids is 1. The van der Waals surface area contributed by atoms with Crippen LogP contribution < -0.4 is 16.1 Å². The lowest BCUT2D eigenvalue weighted by molar-refractivity contribution is -0.0396. The molecule has 3 N–H and O–H groups in total. The maximum atomic E-state index is 11.4. The smallest absolute Gasteiger partial charge is 0.411 e. The first-order valence-corrected chi connectivity index (χ1v) is 11.1. The molecule has 0 spiro atoms. The standard InChI is InChI=1S/C19H33N4O4P/c1-19(2,3)27-14-23-10-6-7-11-28(23)13-20-16-9-8-15(21-18(24)25-4)12-17(16)22-26-5/h8-9,12,20,22H,6-7,10-11,13-14H2,1-5H3,(H,21,24). The molecule has 1 unspecified atom stereocenters. The highest BCUT2D eigenvalue weighted by molar-refractivity contribution is 7.55. The molecule has 0 radical (unpaired) electrons. The second-order valence-electron chi connectivity index (χ2n) is 7.57. The molecule has 1 aliphatic heterocycles. The van der Waals surface area contributed by atoms with E-state index < -0.39 is 6.09 Å². The van der Waals surface area contributed by atoms with Crippen molar-refractivity contribution in [1.29, 1.82) is 0 Å². The number of nitrogens with one attached hydrogen (secondary N) is 3. The van der Waals surface area contributed by atoms with Crippen molar-refractivity contribution in [2.45, 2.75) is 39.2 Å². The lowest BCUT2D eigenvalue weighted by Crippen LogP contribution is -2.33. The van der Waals surface area contributed by atoms with Crippen LogP contribution in [0.5, 0.6) is 0 Å². The van der Waals surface area contributed by atoms with Crippen LogP contribution in [0, 0.1) is 0 Å². The van der Waals surface area contributed by atoms with Gasteiger partial charge in [0.15, 0.2) is 0 Å². The molecule has 158 valence electrons. The largest absolute Gasteiger partial charge is 0.453 e. The van der Waals surface area contributed by atoms with Gasteiger partial charge in [-0.25, -0.2) is 4.79 Å². The molecule has 8 nitrogen and oxygen atoms in total. The van der Waals surface area contributed by atoms with Crippen LogP contribution in [0.4, 0.5) is 21.9 Å². The van der Waals surface area contributed by atoms with Crippen LogP contribution in [0.1, 0.15) is 33.6 Å². The molecule has 2 rings (SSSR count). The second kappa shape index (κ2) is 10.8. The van der Waals surface area contributed by atoms with Gasteiger partial charge in [0.2, 0.25) is 0 Å². The SMILES string of the molecule is CONc1cc(NC(=O)OC)ccc1NCP1CCCCN1COC(C)(C)C. The summed E-state index contributed by atoms with van der Waals surface area (Å²) in [6, 6.07) is 5.55. The quantitative estimate of drug-likeness (QED) is 0.429. The molecule has 0 aromatic heterocycles. The van der Waals surface area contributed by atoms with E-state index in [0.29, 0.717) is 12.4 Å². The van der Waals surface area contributed by atoms with Gasteiger partial charge in [-0.1, -0.05) is 0 Å². The van der Waals surface area contributed by atoms with E-state index in [9.17, 15) is 4.79 Å². The molecule has 9 heteroatoms. The molecular weight excluding hydrogens is 379 g/mol. The predicted octanol–water partition coefficient (Wildman–Crippen LogP) is 4.47. The number of hydrogen-bond donors (Lipinski definition) is 3. The molecule has 0 aliphatic carbocycles. The third-order valence-corrected chi connectivity index (χ3v) is 6.72. The highest BCUT2D eigenvalue weighted by atomic mass is 31.1. The summed E-state index contributed by atoms with van der Waals surface area (Å²) in [7, 11) is 2.57. The third-order valence-electron chi connectivity index (χ3n) is 4.24. The van der Waals surface area contributed by atoms with E-state index in [2.05, 4.69) is 46.3 Å². The van der Waals surface area contributed by atoms with E-state index in [-0.39, 0.29) is 13.7 Å². The van der Waals surface area contributed by atoms with Crippen LogP contribution in [0.25, 0.3) is 0 Å². The lowest BCUT2D eigenvalue weighted by Gasteiger charge is -2.37. The van der Waals surface area contributed by atoms with Crippen LogP contribution in [0.15, 0.2) is 18.2 Å². The van der Waals surface area contributed by atoms with Crippen LogP contribution in [-0.4, -0.2) is 56.3 Å². The number of rotatable bonds is 8. The molecule has 1 atom stereocenters. The Morgan fingerprint density at radius 1 is 1.21 bits per heavy atom. The van der Waals surface area contributed by atoms with Gasteiger partial charge in [-0.3, -0.25) is 20.3 Å². The second-order valence-corrected chi connectivity index (χ2v) is 9.91. The Morgan fingerprint density at radius 2 is 2.00 bits per heavy atom. The minimum Gasteiger partial charge on any atom is -0.453 e. The molecule has 1 aliphatic rings. The number of carbonyl (C=O) groups is 1. The van der Waals surface area contributed by atoms with Crippen LogP contribution in [0.3, 0.4) is 0 Å². The summed E-state index contributed by atoms with van der Waals surface area (Å²) < 4.78 is 13.1. The summed E-state index contributed by atoms with van der Waals surface area (Å²) in [4.78, 5) is 16.5. The van der Waals surface area contributed by atoms with Gasteiger partial charge in [0.25, 0.3) is 0 Å². The van der Waals surface area contributed by atoms with Crippen LogP contribution >= 0.6 is 8.07 Å². The van der Waals surface area contributed by atoms with Crippen molar-refractivity contribution in [2.75, 3.05) is 56.1 Å². The Labute approximate surface area is 169 Å².